The quantitative estimate of drug-likeness (QED) is 0.825. The summed E-state index contributed by atoms with van der Waals surface area (Å²) >= 11 is 0. The Morgan fingerprint density at radius 2 is 2.24 bits per heavy atom. The van der Waals surface area contributed by atoms with Crippen LogP contribution in [0, 0.1) is 5.41 Å². The molecule has 1 atom stereocenters. The molecule has 1 amide bonds. The Morgan fingerprint density at radius 1 is 1.53 bits per heavy atom. The Labute approximate surface area is 103 Å². The van der Waals surface area contributed by atoms with Crippen molar-refractivity contribution in [3.63, 3.8) is 0 Å². The first-order valence-electron chi connectivity index (χ1n) is 6.27. The molecule has 1 aromatic rings. The van der Waals surface area contributed by atoms with Gasteiger partial charge in [0.05, 0.1) is 18.6 Å². The van der Waals surface area contributed by atoms with E-state index in [1.165, 1.54) is 0 Å². The van der Waals surface area contributed by atoms with Crippen molar-refractivity contribution in [1.82, 2.24) is 14.9 Å². The molecule has 0 bridgehead atoms. The SMILES string of the molecule is CCCC(C)(CC)C(=O)NCc1cn(C)cn1. The molecule has 96 valence electrons. The Morgan fingerprint density at radius 3 is 2.71 bits per heavy atom. The van der Waals surface area contributed by atoms with Crippen molar-refractivity contribution in [2.45, 2.75) is 46.6 Å². The second kappa shape index (κ2) is 5.84. The lowest BCUT2D eigenvalue weighted by Gasteiger charge is -2.26. The smallest absolute Gasteiger partial charge is 0.226 e. The van der Waals surface area contributed by atoms with Crippen molar-refractivity contribution in [1.29, 1.82) is 0 Å². The topological polar surface area (TPSA) is 46.9 Å². The molecule has 0 radical (unpaired) electrons. The average Bonchev–Trinajstić information content (AvgIpc) is 2.72. The predicted octanol–water partition coefficient (Wildman–Crippen LogP) is 2.25. The number of hydrogen-bond donors (Lipinski definition) is 1. The fourth-order valence-electron chi connectivity index (χ4n) is 1.95. The first-order valence-corrected chi connectivity index (χ1v) is 6.27. The summed E-state index contributed by atoms with van der Waals surface area (Å²) in [7, 11) is 1.92. The van der Waals surface area contributed by atoms with Crippen LogP contribution in [0.25, 0.3) is 0 Å². The molecular weight excluding hydrogens is 214 g/mol. The summed E-state index contributed by atoms with van der Waals surface area (Å²) in [4.78, 5) is 16.3. The van der Waals surface area contributed by atoms with Crippen molar-refractivity contribution in [2.24, 2.45) is 12.5 Å². The third kappa shape index (κ3) is 3.58. The van der Waals surface area contributed by atoms with Gasteiger partial charge >= 0.3 is 0 Å². The lowest BCUT2D eigenvalue weighted by molar-refractivity contribution is -0.131. The maximum atomic E-state index is 12.1. The lowest BCUT2D eigenvalue weighted by Crippen LogP contribution is -2.38. The van der Waals surface area contributed by atoms with Gasteiger partial charge in [-0.15, -0.1) is 0 Å². The van der Waals surface area contributed by atoms with Gasteiger partial charge in [-0.05, 0) is 12.8 Å². The van der Waals surface area contributed by atoms with E-state index in [1.54, 1.807) is 6.33 Å². The van der Waals surface area contributed by atoms with Gasteiger partial charge < -0.3 is 9.88 Å². The number of aryl methyl sites for hydroxylation is 1. The van der Waals surface area contributed by atoms with Gasteiger partial charge in [0.2, 0.25) is 5.91 Å². The van der Waals surface area contributed by atoms with Gasteiger partial charge in [0.1, 0.15) is 0 Å². The number of nitrogens with one attached hydrogen (secondary N) is 1. The van der Waals surface area contributed by atoms with E-state index in [9.17, 15) is 4.79 Å². The zero-order valence-electron chi connectivity index (χ0n) is 11.3. The van der Waals surface area contributed by atoms with Gasteiger partial charge in [0.25, 0.3) is 0 Å². The number of aromatic nitrogens is 2. The molecule has 0 saturated carbocycles. The summed E-state index contributed by atoms with van der Waals surface area (Å²) in [6.07, 6.45) is 6.49. The predicted molar refractivity (Wildman–Crippen MR) is 68.4 cm³/mol. The molecule has 1 heterocycles. The maximum Gasteiger partial charge on any atom is 0.226 e. The largest absolute Gasteiger partial charge is 0.350 e. The van der Waals surface area contributed by atoms with Crippen LogP contribution in [0.15, 0.2) is 12.5 Å². The minimum absolute atomic E-state index is 0.132. The molecule has 0 saturated heterocycles. The number of carbonyl (C=O) groups is 1. The Bertz CT molecular complexity index is 372. The van der Waals surface area contributed by atoms with E-state index in [1.807, 2.05) is 24.7 Å². The minimum atomic E-state index is -0.246. The lowest BCUT2D eigenvalue weighted by atomic mass is 9.82. The van der Waals surface area contributed by atoms with Crippen LogP contribution in [0.1, 0.15) is 45.7 Å². The normalized spacial score (nSPS) is 14.4. The molecule has 1 aromatic heterocycles. The van der Waals surface area contributed by atoms with E-state index in [0.29, 0.717) is 6.54 Å². The van der Waals surface area contributed by atoms with Crippen LogP contribution in [-0.4, -0.2) is 15.5 Å². The molecule has 0 aliphatic carbocycles. The summed E-state index contributed by atoms with van der Waals surface area (Å²) in [5, 5.41) is 2.97. The van der Waals surface area contributed by atoms with Crippen molar-refractivity contribution in [3.8, 4) is 0 Å². The summed E-state index contributed by atoms with van der Waals surface area (Å²) in [6, 6.07) is 0. The molecular formula is C13H23N3O. The van der Waals surface area contributed by atoms with Gasteiger partial charge in [-0.3, -0.25) is 4.79 Å². The molecule has 0 aliphatic heterocycles. The highest BCUT2D eigenvalue weighted by Crippen LogP contribution is 2.27. The van der Waals surface area contributed by atoms with Gasteiger partial charge in [-0.2, -0.15) is 0 Å². The highest BCUT2D eigenvalue weighted by molar-refractivity contribution is 5.82. The third-order valence-electron chi connectivity index (χ3n) is 3.32. The number of hydrogen-bond acceptors (Lipinski definition) is 2. The van der Waals surface area contributed by atoms with Crippen LogP contribution in [0.2, 0.25) is 0 Å². The average molecular weight is 237 g/mol. The van der Waals surface area contributed by atoms with Crippen LogP contribution < -0.4 is 5.32 Å². The standard InChI is InChI=1S/C13H23N3O/c1-5-7-13(3,6-2)12(17)14-8-11-9-16(4)10-15-11/h9-10H,5-8H2,1-4H3,(H,14,17). The molecule has 0 spiro atoms. The summed E-state index contributed by atoms with van der Waals surface area (Å²) in [5.41, 5.74) is 0.652. The first-order chi connectivity index (χ1) is 8.01. The van der Waals surface area contributed by atoms with Crippen molar-refractivity contribution < 1.29 is 4.79 Å². The van der Waals surface area contributed by atoms with Crippen LogP contribution in [0.5, 0.6) is 0 Å². The number of nitrogens with zero attached hydrogens (tertiary/aromatic N) is 2. The number of rotatable bonds is 6. The van der Waals surface area contributed by atoms with E-state index < -0.39 is 0 Å². The number of imidazole rings is 1. The zero-order chi connectivity index (χ0) is 12.9. The first kappa shape index (κ1) is 13.7. The molecule has 1 unspecified atom stereocenters. The van der Waals surface area contributed by atoms with E-state index in [4.69, 9.17) is 0 Å². The molecule has 17 heavy (non-hydrogen) atoms. The summed E-state index contributed by atoms with van der Waals surface area (Å²) in [5.74, 6) is 0.132. The number of amides is 1. The Hall–Kier alpha value is -1.32. The van der Waals surface area contributed by atoms with E-state index in [-0.39, 0.29) is 11.3 Å². The zero-order valence-corrected chi connectivity index (χ0v) is 11.3. The van der Waals surface area contributed by atoms with Crippen LogP contribution in [0.3, 0.4) is 0 Å². The second-order valence-corrected chi connectivity index (χ2v) is 4.88. The van der Waals surface area contributed by atoms with Crippen LogP contribution >= 0.6 is 0 Å². The summed E-state index contributed by atoms with van der Waals surface area (Å²) < 4.78 is 1.88. The van der Waals surface area contributed by atoms with Crippen molar-refractivity contribution >= 4 is 5.91 Å². The second-order valence-electron chi connectivity index (χ2n) is 4.88. The third-order valence-corrected chi connectivity index (χ3v) is 3.32. The molecule has 0 aliphatic rings. The molecule has 1 rings (SSSR count). The molecule has 4 nitrogen and oxygen atoms in total. The highest BCUT2D eigenvalue weighted by atomic mass is 16.2. The van der Waals surface area contributed by atoms with Gasteiger partial charge in [0.15, 0.2) is 0 Å². The van der Waals surface area contributed by atoms with Gasteiger partial charge in [-0.25, -0.2) is 4.98 Å². The maximum absolute atomic E-state index is 12.1. The Kier molecular flexibility index (Phi) is 4.73. The van der Waals surface area contributed by atoms with Gasteiger partial charge in [0, 0.05) is 18.7 Å². The Balaban J connectivity index is 2.53. The molecule has 4 heteroatoms. The molecule has 0 fully saturated rings. The van der Waals surface area contributed by atoms with E-state index in [2.05, 4.69) is 24.1 Å². The number of carbonyl (C=O) groups excluding carboxylic acids is 1. The summed E-state index contributed by atoms with van der Waals surface area (Å²) in [6.45, 7) is 6.72. The van der Waals surface area contributed by atoms with E-state index in [0.717, 1.165) is 25.0 Å². The monoisotopic (exact) mass is 237 g/mol. The highest BCUT2D eigenvalue weighted by Gasteiger charge is 2.29. The van der Waals surface area contributed by atoms with Crippen molar-refractivity contribution in [3.05, 3.63) is 18.2 Å². The molecule has 1 N–H and O–H groups in total. The fraction of sp³-hybridized carbons (Fsp3) is 0.692. The van der Waals surface area contributed by atoms with Crippen LogP contribution in [0.4, 0.5) is 0 Å². The van der Waals surface area contributed by atoms with Crippen molar-refractivity contribution in [2.75, 3.05) is 0 Å². The fourth-order valence-corrected chi connectivity index (χ4v) is 1.95. The van der Waals surface area contributed by atoms with E-state index >= 15 is 0 Å². The molecule has 0 aromatic carbocycles. The minimum Gasteiger partial charge on any atom is -0.350 e. The van der Waals surface area contributed by atoms with Crippen LogP contribution in [-0.2, 0) is 18.4 Å². The van der Waals surface area contributed by atoms with Gasteiger partial charge in [-0.1, -0.05) is 27.2 Å².